The number of carbonyl (C=O) groups is 2. The van der Waals surface area contributed by atoms with E-state index in [4.69, 9.17) is 11.6 Å². The number of amides is 2. The number of imide groups is 1. The summed E-state index contributed by atoms with van der Waals surface area (Å²) in [5.41, 5.74) is 1.29. The smallest absolute Gasteiger partial charge is 0.283 e. The minimum Gasteiger partial charge on any atom is -0.350 e. The van der Waals surface area contributed by atoms with Crippen molar-refractivity contribution in [1.29, 1.82) is 0 Å². The van der Waals surface area contributed by atoms with E-state index in [2.05, 4.69) is 42.6 Å². The lowest BCUT2D eigenvalue weighted by Gasteiger charge is -2.15. The van der Waals surface area contributed by atoms with Gasteiger partial charge in [0.05, 0.1) is 10.6 Å². The Hall–Kier alpha value is -3.03. The molecule has 2 N–H and O–H groups in total. The number of aromatic nitrogens is 2. The Kier molecular flexibility index (Phi) is 6.36. The predicted octanol–water partition coefficient (Wildman–Crippen LogP) is 3.63. The molecule has 33 heavy (non-hydrogen) atoms. The number of hydrogen-bond acceptors (Lipinski definition) is 7. The van der Waals surface area contributed by atoms with Crippen molar-refractivity contribution in [2.45, 2.75) is 11.8 Å². The molecular formula is C21H15ClIN5O4S. The minimum atomic E-state index is -3.92. The Bertz CT molecular complexity index is 1390. The van der Waals surface area contributed by atoms with Crippen molar-refractivity contribution in [2.75, 3.05) is 14.9 Å². The number of halogens is 2. The summed E-state index contributed by atoms with van der Waals surface area (Å²) in [6.45, 7) is 1.72. The van der Waals surface area contributed by atoms with Crippen molar-refractivity contribution in [1.82, 2.24) is 9.97 Å². The summed E-state index contributed by atoms with van der Waals surface area (Å²) in [4.78, 5) is 34.3. The lowest BCUT2D eigenvalue weighted by Crippen LogP contribution is -2.32. The lowest BCUT2D eigenvalue weighted by molar-refractivity contribution is -0.120. The fourth-order valence-electron chi connectivity index (χ4n) is 2.97. The molecule has 3 aromatic rings. The highest BCUT2D eigenvalue weighted by Crippen LogP contribution is 2.30. The first kappa shape index (κ1) is 23.1. The van der Waals surface area contributed by atoms with E-state index in [-0.39, 0.29) is 21.6 Å². The highest BCUT2D eigenvalue weighted by Gasteiger charge is 2.38. The lowest BCUT2D eigenvalue weighted by atomic mass is 10.3. The summed E-state index contributed by atoms with van der Waals surface area (Å²) in [5, 5.41) is 2.56. The van der Waals surface area contributed by atoms with E-state index in [0.717, 1.165) is 8.47 Å². The van der Waals surface area contributed by atoms with E-state index in [0.29, 0.717) is 17.1 Å². The van der Waals surface area contributed by atoms with Crippen LogP contribution in [0, 0.1) is 10.5 Å². The van der Waals surface area contributed by atoms with E-state index in [9.17, 15) is 18.0 Å². The summed E-state index contributed by atoms with van der Waals surface area (Å²) in [5.74, 6) is -1.30. The number of nitrogens with zero attached hydrogens (tertiary/aromatic N) is 3. The van der Waals surface area contributed by atoms with Crippen LogP contribution >= 0.6 is 34.2 Å². The number of aryl methyl sites for hydroxylation is 1. The van der Waals surface area contributed by atoms with Crippen LogP contribution < -0.4 is 14.9 Å². The first-order valence-electron chi connectivity index (χ1n) is 9.39. The van der Waals surface area contributed by atoms with E-state index >= 15 is 0 Å². The fraction of sp³-hybridized carbons (Fsp3) is 0.0476. The molecule has 12 heteroatoms. The van der Waals surface area contributed by atoms with Crippen LogP contribution in [-0.2, 0) is 19.6 Å². The van der Waals surface area contributed by atoms with E-state index in [1.54, 1.807) is 37.3 Å². The van der Waals surface area contributed by atoms with Gasteiger partial charge in [-0.1, -0.05) is 11.6 Å². The molecule has 2 aromatic carbocycles. The van der Waals surface area contributed by atoms with Gasteiger partial charge in [0.25, 0.3) is 21.8 Å². The van der Waals surface area contributed by atoms with Crippen LogP contribution in [0.25, 0.3) is 0 Å². The zero-order valence-corrected chi connectivity index (χ0v) is 20.6. The van der Waals surface area contributed by atoms with Crippen LogP contribution in [0.5, 0.6) is 0 Å². The van der Waals surface area contributed by atoms with Gasteiger partial charge in [0.1, 0.15) is 10.7 Å². The Morgan fingerprint density at radius 1 is 0.970 bits per heavy atom. The minimum absolute atomic E-state index is 0.0347. The number of rotatable bonds is 6. The second-order valence-corrected chi connectivity index (χ2v) is 10.2. The summed E-state index contributed by atoms with van der Waals surface area (Å²) in [6, 6.07) is 14.1. The number of benzene rings is 2. The number of anilines is 3. The number of hydrogen-bond donors (Lipinski definition) is 2. The molecule has 0 radical (unpaired) electrons. The molecule has 9 nitrogen and oxygen atoms in total. The molecule has 0 unspecified atom stereocenters. The highest BCUT2D eigenvalue weighted by atomic mass is 127. The van der Waals surface area contributed by atoms with Crippen LogP contribution in [0.1, 0.15) is 5.69 Å². The molecule has 168 valence electrons. The summed E-state index contributed by atoms with van der Waals surface area (Å²) < 4.78 is 28.4. The molecule has 2 heterocycles. The van der Waals surface area contributed by atoms with E-state index < -0.39 is 21.8 Å². The largest absolute Gasteiger partial charge is 0.350 e. The van der Waals surface area contributed by atoms with Crippen molar-refractivity contribution in [3.05, 3.63) is 80.8 Å². The third kappa shape index (κ3) is 4.84. The molecule has 0 bridgehead atoms. The molecule has 0 fully saturated rings. The molecule has 0 spiro atoms. The standard InChI is InChI=1S/C21H15ClIN5O4S/c1-12-10-11-24-21(25-12)27-33(31,32)16-8-4-14(5-9-16)26-18-17(22)19(29)28(20(18)30)15-6-2-13(23)3-7-15/h2-11,26H,1H3,(H,24,25,27). The summed E-state index contributed by atoms with van der Waals surface area (Å²) >= 11 is 8.26. The molecule has 2 amide bonds. The zero-order chi connectivity index (χ0) is 23.8. The van der Waals surface area contributed by atoms with Crippen LogP contribution in [0.4, 0.5) is 17.3 Å². The molecular weight excluding hydrogens is 581 g/mol. The van der Waals surface area contributed by atoms with Gasteiger partial charge in [-0.2, -0.15) is 0 Å². The van der Waals surface area contributed by atoms with E-state index in [1.165, 1.54) is 30.5 Å². The fourth-order valence-corrected chi connectivity index (χ4v) is 4.50. The summed E-state index contributed by atoms with van der Waals surface area (Å²) in [7, 11) is -3.92. The van der Waals surface area contributed by atoms with Crippen molar-refractivity contribution in [3.63, 3.8) is 0 Å². The normalized spacial score (nSPS) is 14.1. The van der Waals surface area contributed by atoms with Crippen LogP contribution in [0.2, 0.25) is 0 Å². The van der Waals surface area contributed by atoms with Crippen molar-refractivity contribution < 1.29 is 18.0 Å². The number of carbonyl (C=O) groups excluding carboxylic acids is 2. The van der Waals surface area contributed by atoms with Gasteiger partial charge in [-0.3, -0.25) is 9.59 Å². The van der Waals surface area contributed by atoms with Gasteiger partial charge in [-0.05, 0) is 84.1 Å². The second kappa shape index (κ2) is 9.08. The maximum atomic E-state index is 12.9. The molecule has 0 saturated heterocycles. The molecule has 0 saturated carbocycles. The molecule has 0 aliphatic carbocycles. The Balaban J connectivity index is 1.52. The van der Waals surface area contributed by atoms with Gasteiger partial charge in [-0.25, -0.2) is 28.0 Å². The molecule has 1 aliphatic rings. The van der Waals surface area contributed by atoms with Gasteiger partial charge in [0.2, 0.25) is 5.95 Å². The van der Waals surface area contributed by atoms with Crippen LogP contribution in [-0.4, -0.2) is 30.2 Å². The quantitative estimate of drug-likeness (QED) is 0.330. The van der Waals surface area contributed by atoms with Crippen molar-refractivity contribution >= 4 is 73.4 Å². The summed E-state index contributed by atoms with van der Waals surface area (Å²) in [6.07, 6.45) is 1.45. The molecule has 0 atom stereocenters. The van der Waals surface area contributed by atoms with Crippen LogP contribution in [0.3, 0.4) is 0 Å². The average Bonchev–Trinajstić information content (AvgIpc) is 2.98. The maximum Gasteiger partial charge on any atom is 0.283 e. The Morgan fingerprint density at radius 3 is 2.27 bits per heavy atom. The van der Waals surface area contributed by atoms with Gasteiger partial charge in [0, 0.05) is 21.1 Å². The molecule has 4 rings (SSSR count). The molecule has 1 aromatic heterocycles. The number of nitrogens with one attached hydrogen (secondary N) is 2. The topological polar surface area (TPSA) is 121 Å². The van der Waals surface area contributed by atoms with Gasteiger partial charge < -0.3 is 5.32 Å². The highest BCUT2D eigenvalue weighted by molar-refractivity contribution is 14.1. The van der Waals surface area contributed by atoms with Gasteiger partial charge >= 0.3 is 0 Å². The average molecular weight is 596 g/mol. The third-order valence-electron chi connectivity index (χ3n) is 4.57. The van der Waals surface area contributed by atoms with Gasteiger partial charge in [-0.15, -0.1) is 0 Å². The maximum absolute atomic E-state index is 12.9. The third-order valence-corrected chi connectivity index (χ3v) is 6.98. The monoisotopic (exact) mass is 595 g/mol. The zero-order valence-electron chi connectivity index (χ0n) is 16.9. The first-order valence-corrected chi connectivity index (χ1v) is 12.3. The predicted molar refractivity (Wildman–Crippen MR) is 132 cm³/mol. The van der Waals surface area contributed by atoms with Crippen molar-refractivity contribution in [3.8, 4) is 0 Å². The van der Waals surface area contributed by atoms with E-state index in [1.807, 2.05) is 0 Å². The first-order chi connectivity index (χ1) is 15.7. The van der Waals surface area contributed by atoms with Crippen molar-refractivity contribution in [2.24, 2.45) is 0 Å². The Labute approximate surface area is 208 Å². The second-order valence-electron chi connectivity index (χ2n) is 6.89. The molecule has 1 aliphatic heterocycles. The van der Waals surface area contributed by atoms with Crippen LogP contribution in [0.15, 0.2) is 76.4 Å². The Morgan fingerprint density at radius 2 is 1.64 bits per heavy atom. The number of sulfonamides is 1. The SMILES string of the molecule is Cc1ccnc(NS(=O)(=O)c2ccc(NC3=C(Cl)C(=O)N(c4ccc(I)cc4)C3=O)cc2)n1. The van der Waals surface area contributed by atoms with Gasteiger partial charge in [0.15, 0.2) is 0 Å².